The maximum Gasteiger partial charge on any atom is 0.269 e. The topological polar surface area (TPSA) is 68.2 Å². The molecule has 2 aliphatic rings. The van der Waals surface area contributed by atoms with Crippen LogP contribution in [0.25, 0.3) is 0 Å². The first kappa shape index (κ1) is 25.1. The van der Waals surface area contributed by atoms with Crippen LogP contribution in [0.15, 0.2) is 98.7 Å². The van der Waals surface area contributed by atoms with Crippen molar-refractivity contribution in [3.63, 3.8) is 0 Å². The lowest BCUT2D eigenvalue weighted by molar-refractivity contribution is -0.122. The zero-order chi connectivity index (χ0) is 25.9. The molecule has 0 unspecified atom stereocenters. The summed E-state index contributed by atoms with van der Waals surface area (Å²) in [5.41, 5.74) is 3.54. The molecule has 37 heavy (non-hydrogen) atoms. The smallest absolute Gasteiger partial charge is 0.269 e. The lowest BCUT2D eigenvalue weighted by Crippen LogP contribution is -2.29. The number of amides is 2. The first-order valence-corrected chi connectivity index (χ1v) is 13.4. The summed E-state index contributed by atoms with van der Waals surface area (Å²) in [6, 6.07) is 25.4. The molecule has 2 amide bonds. The molecule has 0 radical (unpaired) electrons. The number of nitrogens with zero attached hydrogens (tertiary/aromatic N) is 4. The van der Waals surface area contributed by atoms with Crippen molar-refractivity contribution >= 4 is 57.6 Å². The van der Waals surface area contributed by atoms with E-state index < -0.39 is 0 Å². The second kappa shape index (κ2) is 10.8. The van der Waals surface area contributed by atoms with Gasteiger partial charge in [-0.15, -0.1) is 0 Å². The van der Waals surface area contributed by atoms with Crippen LogP contribution >= 0.6 is 23.5 Å². The van der Waals surface area contributed by atoms with Crippen LogP contribution in [0, 0.1) is 0 Å². The summed E-state index contributed by atoms with van der Waals surface area (Å²) in [5, 5.41) is 4.43. The summed E-state index contributed by atoms with van der Waals surface area (Å²) in [6.07, 6.45) is 0. The second-order valence-electron chi connectivity index (χ2n) is 8.97. The van der Waals surface area contributed by atoms with Gasteiger partial charge in [-0.2, -0.15) is 0 Å². The highest BCUT2D eigenvalue weighted by molar-refractivity contribution is 8.19. The van der Waals surface area contributed by atoms with E-state index >= 15 is 0 Å². The number of carbonyl (C=O) groups is 2. The van der Waals surface area contributed by atoms with Crippen LogP contribution in [0.4, 0.5) is 17.1 Å². The maximum absolute atomic E-state index is 13.7. The van der Waals surface area contributed by atoms with Crippen LogP contribution in [0.3, 0.4) is 0 Å². The van der Waals surface area contributed by atoms with Crippen molar-refractivity contribution < 1.29 is 9.59 Å². The molecule has 9 heteroatoms. The van der Waals surface area contributed by atoms with Gasteiger partial charge in [-0.05, 0) is 67.8 Å². The van der Waals surface area contributed by atoms with Crippen molar-refractivity contribution in [3.8, 4) is 0 Å². The van der Waals surface area contributed by atoms with Crippen molar-refractivity contribution in [2.24, 2.45) is 4.99 Å². The molecule has 0 atom stereocenters. The minimum Gasteiger partial charge on any atom is -0.337 e. The van der Waals surface area contributed by atoms with Gasteiger partial charge in [0.2, 0.25) is 5.91 Å². The van der Waals surface area contributed by atoms with Gasteiger partial charge in [-0.1, -0.05) is 54.2 Å². The first-order chi connectivity index (χ1) is 17.9. The molecule has 2 aliphatic heterocycles. The molecule has 3 aromatic rings. The van der Waals surface area contributed by atoms with Gasteiger partial charge < -0.3 is 15.1 Å². The van der Waals surface area contributed by atoms with Crippen molar-refractivity contribution in [3.05, 3.63) is 94.4 Å². The van der Waals surface area contributed by atoms with Gasteiger partial charge >= 0.3 is 0 Å². The molecule has 0 bridgehead atoms. The number of para-hydroxylation sites is 1. The number of amidine groups is 1. The Morgan fingerprint density at radius 2 is 1.65 bits per heavy atom. The molecule has 5 rings (SSSR count). The van der Waals surface area contributed by atoms with Gasteiger partial charge in [0.15, 0.2) is 5.17 Å². The van der Waals surface area contributed by atoms with Crippen LogP contribution in [-0.2, 0) is 16.1 Å². The standard InChI is InChI=1S/C28H27N5O2S2/c1-31(2)18-24(34)29-20-13-15-21(16-14-20)30-28-33(17-19-9-5-4-6-10-19)26(35)25(37-28)27-32(3)22-11-7-8-12-23(22)36-27/h4-16H,17-18H2,1-3H3,(H,29,34)/b27-25-,30-28?. The Morgan fingerprint density at radius 3 is 2.35 bits per heavy atom. The van der Waals surface area contributed by atoms with E-state index in [4.69, 9.17) is 4.99 Å². The highest BCUT2D eigenvalue weighted by Crippen LogP contribution is 2.50. The summed E-state index contributed by atoms with van der Waals surface area (Å²) in [6.45, 7) is 0.743. The van der Waals surface area contributed by atoms with Crippen LogP contribution in [-0.4, -0.2) is 54.5 Å². The number of carbonyl (C=O) groups excluding carboxylic acids is 2. The molecule has 1 fully saturated rings. The molecule has 188 valence electrons. The summed E-state index contributed by atoms with van der Waals surface area (Å²) in [7, 11) is 5.70. The number of rotatable bonds is 6. The minimum absolute atomic E-state index is 0.0534. The number of fused-ring (bicyclic) bond motifs is 1. The fraction of sp³-hybridized carbons (Fsp3) is 0.179. The molecule has 1 N–H and O–H groups in total. The molecule has 1 saturated heterocycles. The fourth-order valence-corrected chi connectivity index (χ4v) is 6.38. The van der Waals surface area contributed by atoms with Crippen LogP contribution in [0.5, 0.6) is 0 Å². The Morgan fingerprint density at radius 1 is 0.946 bits per heavy atom. The van der Waals surface area contributed by atoms with Crippen molar-refractivity contribution in [1.29, 1.82) is 0 Å². The number of thioether (sulfide) groups is 2. The third-order valence-electron chi connectivity index (χ3n) is 5.81. The van der Waals surface area contributed by atoms with Gasteiger partial charge in [0.05, 0.1) is 29.5 Å². The van der Waals surface area contributed by atoms with Crippen molar-refractivity contribution in [1.82, 2.24) is 9.80 Å². The fourth-order valence-electron chi connectivity index (χ4n) is 4.04. The number of hydrogen-bond acceptors (Lipinski definition) is 7. The Bertz CT molecular complexity index is 1390. The predicted molar refractivity (Wildman–Crippen MR) is 153 cm³/mol. The first-order valence-electron chi connectivity index (χ1n) is 11.8. The average Bonchev–Trinajstić information content (AvgIpc) is 3.37. The summed E-state index contributed by atoms with van der Waals surface area (Å²) >= 11 is 3.01. The lowest BCUT2D eigenvalue weighted by Gasteiger charge is -2.17. The van der Waals surface area contributed by atoms with Crippen LogP contribution in [0.2, 0.25) is 0 Å². The Hall–Kier alpha value is -3.53. The zero-order valence-corrected chi connectivity index (χ0v) is 22.5. The van der Waals surface area contributed by atoms with Crippen molar-refractivity contribution in [2.45, 2.75) is 11.4 Å². The van der Waals surface area contributed by atoms with Gasteiger partial charge in [-0.25, -0.2) is 4.99 Å². The molecule has 0 spiro atoms. The van der Waals surface area contributed by atoms with E-state index in [1.165, 1.54) is 11.8 Å². The maximum atomic E-state index is 13.7. The van der Waals surface area contributed by atoms with E-state index in [-0.39, 0.29) is 11.8 Å². The number of anilines is 2. The largest absolute Gasteiger partial charge is 0.337 e. The van der Waals surface area contributed by atoms with Crippen molar-refractivity contribution in [2.75, 3.05) is 37.9 Å². The molecule has 0 aromatic heterocycles. The molecule has 2 heterocycles. The number of aliphatic imine (C=N–C) groups is 1. The Balaban J connectivity index is 1.44. The van der Waals surface area contributed by atoms with Gasteiger partial charge in [0.1, 0.15) is 4.91 Å². The molecule has 7 nitrogen and oxygen atoms in total. The summed E-state index contributed by atoms with van der Waals surface area (Å²) < 4.78 is 0. The van der Waals surface area contributed by atoms with E-state index in [2.05, 4.69) is 22.3 Å². The van der Waals surface area contributed by atoms with Gasteiger partial charge in [0, 0.05) is 17.6 Å². The third kappa shape index (κ3) is 5.58. The molecule has 3 aromatic carbocycles. The average molecular weight is 530 g/mol. The van der Waals surface area contributed by atoms with Crippen LogP contribution in [0.1, 0.15) is 5.56 Å². The summed E-state index contributed by atoms with van der Waals surface area (Å²) in [4.78, 5) is 38.1. The van der Waals surface area contributed by atoms with E-state index in [9.17, 15) is 9.59 Å². The SMILES string of the molecule is CN(C)CC(=O)Nc1ccc(N=C2S/C(=C3\Sc4ccccc4N3C)C(=O)N2Cc2ccccc2)cc1. The number of hydrogen-bond donors (Lipinski definition) is 1. The molecular weight excluding hydrogens is 502 g/mol. The number of likely N-dealkylation sites (N-methyl/N-ethyl adjacent to an activating group) is 1. The molecule has 0 aliphatic carbocycles. The highest BCUT2D eigenvalue weighted by atomic mass is 32.2. The second-order valence-corrected chi connectivity index (χ2v) is 11.0. The highest BCUT2D eigenvalue weighted by Gasteiger charge is 2.39. The van der Waals surface area contributed by atoms with E-state index in [1.807, 2.05) is 92.8 Å². The van der Waals surface area contributed by atoms with E-state index in [1.54, 1.807) is 16.7 Å². The normalized spacial score (nSPS) is 18.2. The quantitative estimate of drug-likeness (QED) is 0.434. The Labute approximate surface area is 225 Å². The van der Waals surface area contributed by atoms with E-state index in [0.29, 0.717) is 34.5 Å². The summed E-state index contributed by atoms with van der Waals surface area (Å²) in [5.74, 6) is -0.132. The predicted octanol–water partition coefficient (Wildman–Crippen LogP) is 5.36. The Kier molecular flexibility index (Phi) is 7.36. The third-order valence-corrected chi connectivity index (χ3v) is 8.25. The molecular formula is C28H27N5O2S2. The van der Waals surface area contributed by atoms with Crippen LogP contribution < -0.4 is 10.2 Å². The lowest BCUT2D eigenvalue weighted by atomic mass is 10.2. The van der Waals surface area contributed by atoms with Gasteiger partial charge in [-0.3, -0.25) is 14.5 Å². The van der Waals surface area contributed by atoms with E-state index in [0.717, 1.165) is 21.2 Å². The number of nitrogens with one attached hydrogen (secondary N) is 1. The minimum atomic E-state index is -0.0782. The number of benzene rings is 3. The monoisotopic (exact) mass is 529 g/mol. The zero-order valence-electron chi connectivity index (χ0n) is 20.8. The molecule has 0 saturated carbocycles. The van der Waals surface area contributed by atoms with Gasteiger partial charge in [0.25, 0.3) is 5.91 Å².